The predicted molar refractivity (Wildman–Crippen MR) is 162 cm³/mol. The van der Waals surface area contributed by atoms with E-state index < -0.39 is 0 Å². The smallest absolute Gasteiger partial charge is 0.224 e. The number of amides is 1. The number of nitrogens with zero attached hydrogens (tertiary/aromatic N) is 2. The van der Waals surface area contributed by atoms with Crippen LogP contribution in [0, 0.1) is 0 Å². The first-order valence-electron chi connectivity index (χ1n) is 13.9. The highest BCUT2D eigenvalue weighted by Crippen LogP contribution is 2.28. The fraction of sp³-hybridized carbons (Fsp3) is 0.333. The maximum absolute atomic E-state index is 12.3. The summed E-state index contributed by atoms with van der Waals surface area (Å²) < 4.78 is 13.9. The van der Waals surface area contributed by atoms with Gasteiger partial charge in [-0.05, 0) is 67.1 Å². The fourth-order valence-corrected chi connectivity index (χ4v) is 4.99. The van der Waals surface area contributed by atoms with Crippen molar-refractivity contribution in [2.24, 2.45) is 0 Å². The van der Waals surface area contributed by atoms with Crippen LogP contribution in [0.1, 0.15) is 42.6 Å². The van der Waals surface area contributed by atoms with Crippen LogP contribution in [0.2, 0.25) is 5.02 Å². The normalized spacial score (nSPS) is 10.9. The lowest BCUT2D eigenvalue weighted by atomic mass is 10.1. The number of halogens is 1. The number of fused-ring (bicyclic) bond motifs is 1. The molecule has 1 aromatic heterocycles. The molecule has 0 radical (unpaired) electrons. The zero-order valence-electron chi connectivity index (χ0n) is 23.2. The van der Waals surface area contributed by atoms with Gasteiger partial charge in [-0.2, -0.15) is 0 Å². The molecule has 0 atom stereocenters. The molecule has 0 fully saturated rings. The molecule has 0 saturated carbocycles. The first-order valence-corrected chi connectivity index (χ1v) is 14.3. The van der Waals surface area contributed by atoms with Gasteiger partial charge in [0.05, 0.1) is 31.2 Å². The standard InChI is InChI=1S/C33H38ClN3O3/c1-3-12-25-18-19-30(31(23-25)39-2)40-22-11-21-37-29-16-9-8-15-28(29)36-32(37)17-5-4-10-20-35-33(38)24-26-13-6-7-14-27(26)34/h3,6-9,13-16,18-19,23H,1,4-5,10-12,17,20-22,24H2,2H3,(H,35,38). The van der Waals surface area contributed by atoms with Crippen molar-refractivity contribution in [3.8, 4) is 11.5 Å². The van der Waals surface area contributed by atoms with E-state index in [1.807, 2.05) is 54.6 Å². The largest absolute Gasteiger partial charge is 0.493 e. The minimum atomic E-state index is 0.00226. The summed E-state index contributed by atoms with van der Waals surface area (Å²) in [6.07, 6.45) is 7.67. The minimum absolute atomic E-state index is 0.00226. The number of rotatable bonds is 16. The number of ether oxygens (including phenoxy) is 2. The molecule has 1 N–H and O–H groups in total. The van der Waals surface area contributed by atoms with Gasteiger partial charge in [-0.3, -0.25) is 4.79 Å². The van der Waals surface area contributed by atoms with Crippen molar-refractivity contribution < 1.29 is 14.3 Å². The average molecular weight is 560 g/mol. The van der Waals surface area contributed by atoms with Gasteiger partial charge in [-0.1, -0.05) is 60.5 Å². The van der Waals surface area contributed by atoms with Gasteiger partial charge in [-0.25, -0.2) is 4.98 Å². The van der Waals surface area contributed by atoms with Crippen LogP contribution in [0.4, 0.5) is 0 Å². The van der Waals surface area contributed by atoms with Crippen molar-refractivity contribution in [1.82, 2.24) is 14.9 Å². The highest BCUT2D eigenvalue weighted by atomic mass is 35.5. The molecule has 0 bridgehead atoms. The van der Waals surface area contributed by atoms with Crippen LogP contribution in [-0.4, -0.2) is 35.7 Å². The van der Waals surface area contributed by atoms with E-state index in [0.29, 0.717) is 24.6 Å². The number of unbranched alkanes of at least 4 members (excludes halogenated alkanes) is 2. The summed E-state index contributed by atoms with van der Waals surface area (Å²) in [7, 11) is 1.67. The zero-order chi connectivity index (χ0) is 28.2. The van der Waals surface area contributed by atoms with E-state index in [2.05, 4.69) is 34.7 Å². The summed E-state index contributed by atoms with van der Waals surface area (Å²) in [6, 6.07) is 21.8. The summed E-state index contributed by atoms with van der Waals surface area (Å²) in [5.41, 5.74) is 4.17. The van der Waals surface area contributed by atoms with E-state index in [1.54, 1.807) is 7.11 Å². The summed E-state index contributed by atoms with van der Waals surface area (Å²) in [5.74, 6) is 2.59. The molecule has 7 heteroatoms. The Labute approximate surface area is 242 Å². The highest BCUT2D eigenvalue weighted by Gasteiger charge is 2.11. The molecule has 1 amide bonds. The van der Waals surface area contributed by atoms with Crippen LogP contribution in [0.3, 0.4) is 0 Å². The third-order valence-electron chi connectivity index (χ3n) is 6.83. The zero-order valence-corrected chi connectivity index (χ0v) is 24.0. The number of carbonyl (C=O) groups excluding carboxylic acids is 1. The third kappa shape index (κ3) is 8.12. The SMILES string of the molecule is C=CCc1ccc(OCCCn2c(CCCCCNC(=O)Cc3ccccc3Cl)nc3ccccc32)c(OC)c1. The van der Waals surface area contributed by atoms with E-state index in [9.17, 15) is 4.79 Å². The van der Waals surface area contributed by atoms with Crippen LogP contribution in [-0.2, 0) is 30.6 Å². The Bertz CT molecular complexity index is 1420. The Morgan fingerprint density at radius 3 is 2.67 bits per heavy atom. The van der Waals surface area contributed by atoms with Gasteiger partial charge in [0.1, 0.15) is 5.82 Å². The van der Waals surface area contributed by atoms with Crippen molar-refractivity contribution in [1.29, 1.82) is 0 Å². The molecule has 0 aliphatic heterocycles. The van der Waals surface area contributed by atoms with Crippen LogP contribution >= 0.6 is 11.6 Å². The second-order valence-corrected chi connectivity index (χ2v) is 10.2. The number of hydrogen-bond acceptors (Lipinski definition) is 4. The molecular formula is C33H38ClN3O3. The van der Waals surface area contributed by atoms with E-state index in [1.165, 1.54) is 0 Å². The van der Waals surface area contributed by atoms with E-state index >= 15 is 0 Å². The van der Waals surface area contributed by atoms with Crippen LogP contribution in [0.15, 0.2) is 79.4 Å². The number of allylic oxidation sites excluding steroid dienone is 1. The lowest BCUT2D eigenvalue weighted by molar-refractivity contribution is -0.120. The van der Waals surface area contributed by atoms with Gasteiger partial charge in [0.15, 0.2) is 11.5 Å². The first kappa shape index (κ1) is 29.2. The molecular weight excluding hydrogens is 522 g/mol. The van der Waals surface area contributed by atoms with Crippen molar-refractivity contribution in [3.63, 3.8) is 0 Å². The number of methoxy groups -OCH3 is 1. The summed E-state index contributed by atoms with van der Waals surface area (Å²) in [5, 5.41) is 3.64. The Morgan fingerprint density at radius 2 is 1.85 bits per heavy atom. The average Bonchev–Trinajstić information content (AvgIpc) is 3.32. The first-order chi connectivity index (χ1) is 19.6. The minimum Gasteiger partial charge on any atom is -0.493 e. The van der Waals surface area contributed by atoms with Gasteiger partial charge in [0.2, 0.25) is 5.91 Å². The fourth-order valence-electron chi connectivity index (χ4n) is 4.79. The molecule has 1 heterocycles. The Kier molecular flexibility index (Phi) is 11.1. The third-order valence-corrected chi connectivity index (χ3v) is 7.20. The van der Waals surface area contributed by atoms with Crippen LogP contribution < -0.4 is 14.8 Å². The molecule has 0 saturated heterocycles. The molecule has 210 valence electrons. The molecule has 0 spiro atoms. The number of para-hydroxylation sites is 2. The number of aryl methyl sites for hydroxylation is 2. The molecule has 3 aromatic carbocycles. The molecule has 40 heavy (non-hydrogen) atoms. The lowest BCUT2D eigenvalue weighted by Crippen LogP contribution is -2.26. The topological polar surface area (TPSA) is 65.4 Å². The Morgan fingerprint density at radius 1 is 1.02 bits per heavy atom. The quantitative estimate of drug-likeness (QED) is 0.119. The monoisotopic (exact) mass is 559 g/mol. The van der Waals surface area contributed by atoms with Crippen LogP contribution in [0.25, 0.3) is 11.0 Å². The number of hydrogen-bond donors (Lipinski definition) is 1. The number of aromatic nitrogens is 2. The van der Waals surface area contributed by atoms with E-state index in [-0.39, 0.29) is 5.91 Å². The maximum Gasteiger partial charge on any atom is 0.224 e. The Hall–Kier alpha value is -3.77. The number of imidazole rings is 1. The maximum atomic E-state index is 12.3. The number of nitrogens with one attached hydrogen (secondary N) is 1. The lowest BCUT2D eigenvalue weighted by Gasteiger charge is -2.13. The number of benzene rings is 3. The van der Waals surface area contributed by atoms with Gasteiger partial charge in [-0.15, -0.1) is 6.58 Å². The molecule has 0 aliphatic carbocycles. The van der Waals surface area contributed by atoms with Gasteiger partial charge in [0.25, 0.3) is 0 Å². The summed E-state index contributed by atoms with van der Waals surface area (Å²) in [4.78, 5) is 17.2. The second kappa shape index (κ2) is 15.1. The Balaban J connectivity index is 1.24. The van der Waals surface area contributed by atoms with Crippen molar-refractivity contribution in [2.75, 3.05) is 20.3 Å². The highest BCUT2D eigenvalue weighted by molar-refractivity contribution is 6.31. The molecule has 0 aliphatic rings. The predicted octanol–water partition coefficient (Wildman–Crippen LogP) is 6.97. The molecule has 6 nitrogen and oxygen atoms in total. The van der Waals surface area contributed by atoms with Crippen molar-refractivity contribution in [2.45, 2.75) is 51.5 Å². The van der Waals surface area contributed by atoms with Crippen molar-refractivity contribution in [3.05, 3.63) is 101 Å². The second-order valence-electron chi connectivity index (χ2n) is 9.78. The summed E-state index contributed by atoms with van der Waals surface area (Å²) in [6.45, 7) is 5.87. The molecule has 4 rings (SSSR count). The van der Waals surface area contributed by atoms with Crippen LogP contribution in [0.5, 0.6) is 11.5 Å². The summed E-state index contributed by atoms with van der Waals surface area (Å²) >= 11 is 6.16. The number of carbonyl (C=O) groups is 1. The molecule has 4 aromatic rings. The van der Waals surface area contributed by atoms with Gasteiger partial charge >= 0.3 is 0 Å². The van der Waals surface area contributed by atoms with E-state index in [0.717, 1.165) is 84.6 Å². The molecule has 0 unspecified atom stereocenters. The van der Waals surface area contributed by atoms with E-state index in [4.69, 9.17) is 26.1 Å². The van der Waals surface area contributed by atoms with Crippen molar-refractivity contribution >= 4 is 28.5 Å². The van der Waals surface area contributed by atoms with Gasteiger partial charge in [0, 0.05) is 24.5 Å². The van der Waals surface area contributed by atoms with Gasteiger partial charge < -0.3 is 19.4 Å².